The summed E-state index contributed by atoms with van der Waals surface area (Å²) in [6.45, 7) is 3.69. The standard InChI is InChI=1S/C10H9NO3/c1-8(6-7-12)9-2-4-10(5-3-9)11(13)14/h2-5,7H,1,6H2. The van der Waals surface area contributed by atoms with Gasteiger partial charge in [-0.05, 0) is 23.3 Å². The molecule has 0 aromatic heterocycles. The van der Waals surface area contributed by atoms with Crippen molar-refractivity contribution in [3.63, 3.8) is 0 Å². The van der Waals surface area contributed by atoms with Gasteiger partial charge >= 0.3 is 0 Å². The zero-order chi connectivity index (χ0) is 10.6. The molecule has 0 radical (unpaired) electrons. The highest BCUT2D eigenvalue weighted by molar-refractivity contribution is 5.75. The number of carbonyl (C=O) groups excluding carboxylic acids is 1. The molecule has 0 fully saturated rings. The highest BCUT2D eigenvalue weighted by Crippen LogP contribution is 2.18. The summed E-state index contributed by atoms with van der Waals surface area (Å²) in [6.07, 6.45) is 1.00. The van der Waals surface area contributed by atoms with Crippen molar-refractivity contribution in [2.75, 3.05) is 0 Å². The van der Waals surface area contributed by atoms with Gasteiger partial charge in [-0.25, -0.2) is 0 Å². The molecule has 0 saturated heterocycles. The lowest BCUT2D eigenvalue weighted by Crippen LogP contribution is -1.89. The summed E-state index contributed by atoms with van der Waals surface area (Å²) < 4.78 is 0. The van der Waals surface area contributed by atoms with Gasteiger partial charge < -0.3 is 4.79 Å². The van der Waals surface area contributed by atoms with Gasteiger partial charge in [0, 0.05) is 18.6 Å². The van der Waals surface area contributed by atoms with Crippen molar-refractivity contribution in [3.8, 4) is 0 Å². The SMILES string of the molecule is C=C(CC=O)c1ccc([N+](=O)[O-])cc1. The molecule has 0 aliphatic heterocycles. The average Bonchev–Trinajstić information content (AvgIpc) is 2.18. The van der Waals surface area contributed by atoms with Crippen LogP contribution in [0.25, 0.3) is 5.57 Å². The molecule has 0 aliphatic carbocycles. The number of non-ortho nitro benzene ring substituents is 1. The Morgan fingerprint density at radius 1 is 1.43 bits per heavy atom. The number of allylic oxidation sites excluding steroid dienone is 1. The van der Waals surface area contributed by atoms with Gasteiger partial charge in [-0.15, -0.1) is 0 Å². The van der Waals surface area contributed by atoms with Crippen molar-refractivity contribution < 1.29 is 9.72 Å². The topological polar surface area (TPSA) is 60.2 Å². The van der Waals surface area contributed by atoms with E-state index < -0.39 is 4.92 Å². The van der Waals surface area contributed by atoms with Crippen LogP contribution in [0.15, 0.2) is 30.8 Å². The molecule has 1 aromatic carbocycles. The molecule has 0 atom stereocenters. The minimum Gasteiger partial charge on any atom is -0.303 e. The van der Waals surface area contributed by atoms with E-state index in [2.05, 4.69) is 6.58 Å². The van der Waals surface area contributed by atoms with Gasteiger partial charge in [0.1, 0.15) is 6.29 Å². The van der Waals surface area contributed by atoms with E-state index in [0.29, 0.717) is 5.57 Å². The normalized spacial score (nSPS) is 9.43. The van der Waals surface area contributed by atoms with Gasteiger partial charge in [0.2, 0.25) is 0 Å². The van der Waals surface area contributed by atoms with E-state index in [-0.39, 0.29) is 12.1 Å². The van der Waals surface area contributed by atoms with Crippen molar-refractivity contribution >= 4 is 17.5 Å². The lowest BCUT2D eigenvalue weighted by Gasteiger charge is -2.00. The fourth-order valence-electron chi connectivity index (χ4n) is 1.04. The summed E-state index contributed by atoms with van der Waals surface area (Å²) >= 11 is 0. The monoisotopic (exact) mass is 191 g/mol. The van der Waals surface area contributed by atoms with E-state index >= 15 is 0 Å². The minimum atomic E-state index is -0.466. The maximum Gasteiger partial charge on any atom is 0.269 e. The molecule has 0 spiro atoms. The first-order chi connectivity index (χ1) is 6.65. The van der Waals surface area contributed by atoms with Crippen LogP contribution in [0, 0.1) is 10.1 Å². The van der Waals surface area contributed by atoms with E-state index in [4.69, 9.17) is 0 Å². The van der Waals surface area contributed by atoms with Crippen LogP contribution < -0.4 is 0 Å². The zero-order valence-electron chi connectivity index (χ0n) is 7.47. The molecule has 72 valence electrons. The van der Waals surface area contributed by atoms with Gasteiger partial charge in [0.25, 0.3) is 5.69 Å². The zero-order valence-corrected chi connectivity index (χ0v) is 7.47. The number of hydrogen-bond acceptors (Lipinski definition) is 3. The number of carbonyl (C=O) groups is 1. The fraction of sp³-hybridized carbons (Fsp3) is 0.100. The van der Waals surface area contributed by atoms with Crippen molar-refractivity contribution in [1.29, 1.82) is 0 Å². The van der Waals surface area contributed by atoms with Crippen LogP contribution in [0.1, 0.15) is 12.0 Å². The Kier molecular flexibility index (Phi) is 3.12. The Labute approximate surface area is 81.0 Å². The number of hydrogen-bond donors (Lipinski definition) is 0. The highest BCUT2D eigenvalue weighted by atomic mass is 16.6. The third kappa shape index (κ3) is 2.26. The third-order valence-corrected chi connectivity index (χ3v) is 1.82. The van der Waals surface area contributed by atoms with Gasteiger partial charge in [0.05, 0.1) is 4.92 Å². The van der Waals surface area contributed by atoms with E-state index in [0.717, 1.165) is 11.8 Å². The quantitative estimate of drug-likeness (QED) is 0.416. The van der Waals surface area contributed by atoms with Crippen molar-refractivity contribution in [3.05, 3.63) is 46.5 Å². The Morgan fingerprint density at radius 3 is 2.43 bits per heavy atom. The van der Waals surface area contributed by atoms with Gasteiger partial charge in [-0.3, -0.25) is 10.1 Å². The molecule has 0 amide bonds. The number of nitrogens with zero attached hydrogens (tertiary/aromatic N) is 1. The Balaban J connectivity index is 2.88. The van der Waals surface area contributed by atoms with Crippen LogP contribution >= 0.6 is 0 Å². The van der Waals surface area contributed by atoms with Crippen LogP contribution in [0.5, 0.6) is 0 Å². The van der Waals surface area contributed by atoms with Crippen molar-refractivity contribution in [2.24, 2.45) is 0 Å². The molecule has 1 aromatic rings. The average molecular weight is 191 g/mol. The summed E-state index contributed by atoms with van der Waals surface area (Å²) in [7, 11) is 0. The predicted molar refractivity (Wildman–Crippen MR) is 52.8 cm³/mol. The molecule has 0 heterocycles. The molecule has 4 heteroatoms. The van der Waals surface area contributed by atoms with Crippen LogP contribution in [0.2, 0.25) is 0 Å². The van der Waals surface area contributed by atoms with Gasteiger partial charge in [-0.2, -0.15) is 0 Å². The molecule has 0 N–H and O–H groups in total. The Morgan fingerprint density at radius 2 is 2.00 bits per heavy atom. The Bertz CT molecular complexity index is 367. The second kappa shape index (κ2) is 4.32. The highest BCUT2D eigenvalue weighted by Gasteiger charge is 2.04. The van der Waals surface area contributed by atoms with E-state index in [9.17, 15) is 14.9 Å². The maximum atomic E-state index is 10.3. The van der Waals surface area contributed by atoms with E-state index in [1.165, 1.54) is 12.1 Å². The first-order valence-corrected chi connectivity index (χ1v) is 4.01. The second-order valence-corrected chi connectivity index (χ2v) is 2.78. The smallest absolute Gasteiger partial charge is 0.269 e. The van der Waals surface area contributed by atoms with E-state index in [1.54, 1.807) is 12.1 Å². The molecular formula is C10H9NO3. The van der Waals surface area contributed by atoms with E-state index in [1.807, 2.05) is 0 Å². The molecule has 0 bridgehead atoms. The molecule has 0 saturated carbocycles. The lowest BCUT2D eigenvalue weighted by atomic mass is 10.1. The van der Waals surface area contributed by atoms with Crippen LogP contribution in [0.4, 0.5) is 5.69 Å². The van der Waals surface area contributed by atoms with Crippen LogP contribution in [-0.4, -0.2) is 11.2 Å². The van der Waals surface area contributed by atoms with Crippen LogP contribution in [-0.2, 0) is 4.79 Å². The summed E-state index contributed by atoms with van der Waals surface area (Å²) in [6, 6.07) is 5.96. The molecule has 0 aliphatic rings. The number of rotatable bonds is 4. The molecule has 14 heavy (non-hydrogen) atoms. The number of benzene rings is 1. The largest absolute Gasteiger partial charge is 0.303 e. The van der Waals surface area contributed by atoms with Gasteiger partial charge in [0.15, 0.2) is 0 Å². The Hall–Kier alpha value is -1.97. The van der Waals surface area contributed by atoms with Crippen molar-refractivity contribution in [1.82, 2.24) is 0 Å². The summed E-state index contributed by atoms with van der Waals surface area (Å²) in [4.78, 5) is 20.1. The molecule has 0 unspecified atom stereocenters. The minimum absolute atomic E-state index is 0.0349. The predicted octanol–water partition coefficient (Wildman–Crippen LogP) is 2.20. The van der Waals surface area contributed by atoms with Gasteiger partial charge in [-0.1, -0.05) is 6.58 Å². The molecule has 4 nitrogen and oxygen atoms in total. The third-order valence-electron chi connectivity index (χ3n) is 1.82. The first kappa shape index (κ1) is 10.1. The lowest BCUT2D eigenvalue weighted by molar-refractivity contribution is -0.384. The second-order valence-electron chi connectivity index (χ2n) is 2.78. The number of nitro groups is 1. The summed E-state index contributed by atoms with van der Waals surface area (Å²) in [5, 5.41) is 10.3. The number of aldehydes is 1. The molecule has 1 rings (SSSR count). The van der Waals surface area contributed by atoms with Crippen molar-refractivity contribution in [2.45, 2.75) is 6.42 Å². The molecular weight excluding hydrogens is 182 g/mol. The van der Waals surface area contributed by atoms with Crippen LogP contribution in [0.3, 0.4) is 0 Å². The summed E-state index contributed by atoms with van der Waals surface area (Å²) in [5.74, 6) is 0. The number of nitro benzene ring substituents is 1. The fourth-order valence-corrected chi connectivity index (χ4v) is 1.04. The summed E-state index contributed by atoms with van der Waals surface area (Å²) in [5.41, 5.74) is 1.45. The maximum absolute atomic E-state index is 10.3. The first-order valence-electron chi connectivity index (χ1n) is 4.01.